The third kappa shape index (κ3) is 3.03. The molecule has 4 nitrogen and oxygen atoms in total. The van der Waals surface area contributed by atoms with Crippen LogP contribution in [0.25, 0.3) is 10.4 Å². The lowest BCUT2D eigenvalue weighted by Crippen LogP contribution is -1.97. The van der Waals surface area contributed by atoms with Gasteiger partial charge in [0, 0.05) is 11.5 Å². The molecule has 0 radical (unpaired) electrons. The van der Waals surface area contributed by atoms with Crippen LogP contribution in [0.1, 0.15) is 48.4 Å². The highest BCUT2D eigenvalue weighted by atomic mass is 16.2. The summed E-state index contributed by atoms with van der Waals surface area (Å²) < 4.78 is 0. The standard InChI is InChI=1S/C14H19N3O/c15-17-16-14(6-1-2-9-18)13-8-7-11-4-3-5-12(11)10-13/h7-8,10,14,18H,1-6,9H2. The van der Waals surface area contributed by atoms with E-state index in [2.05, 4.69) is 28.2 Å². The third-order valence-electron chi connectivity index (χ3n) is 3.58. The van der Waals surface area contributed by atoms with Crippen LogP contribution in [0.3, 0.4) is 0 Å². The van der Waals surface area contributed by atoms with Gasteiger partial charge in [0.05, 0.1) is 6.04 Å². The quantitative estimate of drug-likeness (QED) is 0.353. The molecule has 0 amide bonds. The van der Waals surface area contributed by atoms with Gasteiger partial charge in [-0.25, -0.2) is 0 Å². The second-order valence-electron chi connectivity index (χ2n) is 4.82. The Kier molecular flexibility index (Phi) is 4.62. The van der Waals surface area contributed by atoms with Gasteiger partial charge >= 0.3 is 0 Å². The van der Waals surface area contributed by atoms with Crippen molar-refractivity contribution in [1.82, 2.24) is 0 Å². The lowest BCUT2D eigenvalue weighted by Gasteiger charge is -2.12. The van der Waals surface area contributed by atoms with Gasteiger partial charge in [0.2, 0.25) is 0 Å². The van der Waals surface area contributed by atoms with Gasteiger partial charge in [-0.05, 0) is 54.3 Å². The van der Waals surface area contributed by atoms with Gasteiger partial charge < -0.3 is 5.11 Å². The molecular weight excluding hydrogens is 226 g/mol. The van der Waals surface area contributed by atoms with Gasteiger partial charge in [-0.3, -0.25) is 0 Å². The van der Waals surface area contributed by atoms with Crippen molar-refractivity contribution in [3.8, 4) is 0 Å². The molecule has 0 saturated heterocycles. The topological polar surface area (TPSA) is 69.0 Å². The first-order valence-corrected chi connectivity index (χ1v) is 6.62. The number of fused-ring (bicyclic) bond motifs is 1. The highest BCUT2D eigenvalue weighted by Gasteiger charge is 2.15. The second kappa shape index (κ2) is 6.43. The van der Waals surface area contributed by atoms with Crippen molar-refractivity contribution in [2.24, 2.45) is 5.11 Å². The highest BCUT2D eigenvalue weighted by molar-refractivity contribution is 5.36. The van der Waals surface area contributed by atoms with Gasteiger partial charge in [-0.15, -0.1) is 0 Å². The van der Waals surface area contributed by atoms with E-state index in [1.165, 1.54) is 24.0 Å². The number of aliphatic hydroxyl groups is 1. The highest BCUT2D eigenvalue weighted by Crippen LogP contribution is 2.29. The molecule has 1 aliphatic carbocycles. The van der Waals surface area contributed by atoms with Crippen LogP contribution in [0, 0.1) is 0 Å². The Morgan fingerprint density at radius 3 is 2.89 bits per heavy atom. The molecule has 18 heavy (non-hydrogen) atoms. The minimum absolute atomic E-state index is 0.0903. The zero-order chi connectivity index (χ0) is 12.8. The van der Waals surface area contributed by atoms with Crippen LogP contribution in [0.4, 0.5) is 0 Å². The summed E-state index contributed by atoms with van der Waals surface area (Å²) in [5, 5.41) is 12.7. The first-order chi connectivity index (χ1) is 8.85. The summed E-state index contributed by atoms with van der Waals surface area (Å²) in [5.74, 6) is 0. The number of hydrogen-bond acceptors (Lipinski definition) is 2. The van der Waals surface area contributed by atoms with E-state index in [9.17, 15) is 0 Å². The lowest BCUT2D eigenvalue weighted by atomic mass is 9.98. The smallest absolute Gasteiger partial charge is 0.0625 e. The predicted molar refractivity (Wildman–Crippen MR) is 71.3 cm³/mol. The van der Waals surface area contributed by atoms with Crippen molar-refractivity contribution >= 4 is 0 Å². The summed E-state index contributed by atoms with van der Waals surface area (Å²) in [7, 11) is 0. The average Bonchev–Trinajstić information content (AvgIpc) is 2.85. The maximum atomic E-state index is 8.80. The molecule has 2 rings (SSSR count). The Bertz CT molecular complexity index is 452. The maximum Gasteiger partial charge on any atom is 0.0625 e. The minimum atomic E-state index is -0.0903. The fourth-order valence-corrected chi connectivity index (χ4v) is 2.60. The van der Waals surface area contributed by atoms with Gasteiger partial charge in [0.1, 0.15) is 0 Å². The Morgan fingerprint density at radius 2 is 2.11 bits per heavy atom. The van der Waals surface area contributed by atoms with E-state index in [1.54, 1.807) is 0 Å². The molecule has 1 unspecified atom stereocenters. The summed E-state index contributed by atoms with van der Waals surface area (Å²) in [5.41, 5.74) is 12.6. The van der Waals surface area contributed by atoms with E-state index in [1.807, 2.05) is 0 Å². The molecule has 96 valence electrons. The van der Waals surface area contributed by atoms with E-state index in [0.717, 1.165) is 31.2 Å². The average molecular weight is 245 g/mol. The van der Waals surface area contributed by atoms with Gasteiger partial charge in [0.15, 0.2) is 0 Å². The molecule has 4 heteroatoms. The van der Waals surface area contributed by atoms with Gasteiger partial charge in [0.25, 0.3) is 0 Å². The Balaban J connectivity index is 2.12. The third-order valence-corrected chi connectivity index (χ3v) is 3.58. The second-order valence-corrected chi connectivity index (χ2v) is 4.82. The molecule has 1 N–H and O–H groups in total. The molecule has 1 atom stereocenters. The van der Waals surface area contributed by atoms with E-state index < -0.39 is 0 Å². The Morgan fingerprint density at radius 1 is 1.28 bits per heavy atom. The van der Waals surface area contributed by atoms with Crippen molar-refractivity contribution in [2.75, 3.05) is 6.61 Å². The fraction of sp³-hybridized carbons (Fsp3) is 0.571. The van der Waals surface area contributed by atoms with Crippen LogP contribution in [0.5, 0.6) is 0 Å². The molecule has 1 aromatic rings. The van der Waals surface area contributed by atoms with Crippen LogP contribution < -0.4 is 0 Å². The maximum absolute atomic E-state index is 8.80. The summed E-state index contributed by atoms with van der Waals surface area (Å²) >= 11 is 0. The monoisotopic (exact) mass is 245 g/mol. The van der Waals surface area contributed by atoms with Crippen molar-refractivity contribution in [2.45, 2.75) is 44.6 Å². The van der Waals surface area contributed by atoms with Crippen LogP contribution >= 0.6 is 0 Å². The predicted octanol–water partition coefficient (Wildman–Crippen LogP) is 3.69. The molecule has 0 bridgehead atoms. The molecule has 0 aliphatic heterocycles. The Hall–Kier alpha value is -1.51. The molecule has 1 aliphatic rings. The van der Waals surface area contributed by atoms with E-state index in [-0.39, 0.29) is 12.6 Å². The number of unbranched alkanes of at least 4 members (excludes halogenated alkanes) is 1. The summed E-state index contributed by atoms with van der Waals surface area (Å²) in [4.78, 5) is 2.95. The van der Waals surface area contributed by atoms with Crippen LogP contribution in [0.2, 0.25) is 0 Å². The molecule has 0 heterocycles. The summed E-state index contributed by atoms with van der Waals surface area (Å²) in [6.07, 6.45) is 6.01. The largest absolute Gasteiger partial charge is 0.396 e. The number of rotatable bonds is 6. The number of benzene rings is 1. The number of nitrogens with zero attached hydrogens (tertiary/aromatic N) is 3. The van der Waals surface area contributed by atoms with E-state index >= 15 is 0 Å². The van der Waals surface area contributed by atoms with Crippen LogP contribution in [-0.4, -0.2) is 11.7 Å². The molecule has 0 spiro atoms. The zero-order valence-corrected chi connectivity index (χ0v) is 10.5. The first-order valence-electron chi connectivity index (χ1n) is 6.62. The fourth-order valence-electron chi connectivity index (χ4n) is 2.60. The first kappa shape index (κ1) is 12.9. The lowest BCUT2D eigenvalue weighted by molar-refractivity contribution is 0.281. The van der Waals surface area contributed by atoms with Crippen molar-refractivity contribution in [1.29, 1.82) is 0 Å². The van der Waals surface area contributed by atoms with E-state index in [0.29, 0.717) is 0 Å². The normalized spacial score (nSPS) is 14.9. The summed E-state index contributed by atoms with van der Waals surface area (Å²) in [6.45, 7) is 0.202. The minimum Gasteiger partial charge on any atom is -0.396 e. The van der Waals surface area contributed by atoms with Crippen LogP contribution in [0.15, 0.2) is 23.3 Å². The molecule has 0 saturated carbocycles. The molecule has 0 fully saturated rings. The molecule has 1 aromatic carbocycles. The van der Waals surface area contributed by atoms with Gasteiger partial charge in [-0.2, -0.15) is 0 Å². The number of aliphatic hydroxyl groups excluding tert-OH is 1. The SMILES string of the molecule is [N-]=[N+]=NC(CCCCO)c1ccc2c(c1)CCC2. The van der Waals surface area contributed by atoms with Crippen molar-refractivity contribution < 1.29 is 5.11 Å². The van der Waals surface area contributed by atoms with E-state index in [4.69, 9.17) is 10.6 Å². The molecular formula is C14H19N3O. The number of azide groups is 1. The summed E-state index contributed by atoms with van der Waals surface area (Å²) in [6, 6.07) is 6.36. The Labute approximate surface area is 107 Å². The number of hydrogen-bond donors (Lipinski definition) is 1. The number of aryl methyl sites for hydroxylation is 2. The van der Waals surface area contributed by atoms with Gasteiger partial charge in [-0.1, -0.05) is 29.7 Å². The van der Waals surface area contributed by atoms with Crippen LogP contribution in [-0.2, 0) is 12.8 Å². The zero-order valence-electron chi connectivity index (χ0n) is 10.5. The van der Waals surface area contributed by atoms with Crippen molar-refractivity contribution in [3.63, 3.8) is 0 Å². The molecule has 0 aromatic heterocycles. The van der Waals surface area contributed by atoms with Crippen molar-refractivity contribution in [3.05, 3.63) is 45.3 Å².